The lowest BCUT2D eigenvalue weighted by atomic mass is 10.1. The molecule has 0 spiro atoms. The van der Waals surface area contributed by atoms with Crippen LogP contribution in [0.15, 0.2) is 29.2 Å². The highest BCUT2D eigenvalue weighted by molar-refractivity contribution is 7.89. The van der Waals surface area contributed by atoms with E-state index in [-0.39, 0.29) is 4.90 Å². The minimum absolute atomic E-state index is 0.186. The molecule has 9 heteroatoms. The van der Waals surface area contributed by atoms with Crippen LogP contribution in [0.3, 0.4) is 0 Å². The first-order chi connectivity index (χ1) is 10.9. The molecule has 0 saturated carbocycles. The average molecular weight is 360 g/mol. The molecule has 1 amide bonds. The second kappa shape index (κ2) is 7.71. The van der Waals surface area contributed by atoms with E-state index in [1.807, 2.05) is 0 Å². The molecule has 7 nitrogen and oxygen atoms in total. The van der Waals surface area contributed by atoms with Crippen LogP contribution in [0, 0.1) is 5.82 Å². The van der Waals surface area contributed by atoms with E-state index >= 15 is 0 Å². The number of carbonyl (C=O) groups excluding carboxylic acids is 2. The van der Waals surface area contributed by atoms with Crippen molar-refractivity contribution in [3.63, 3.8) is 0 Å². The van der Waals surface area contributed by atoms with Crippen molar-refractivity contribution in [2.75, 3.05) is 6.61 Å². The summed E-state index contributed by atoms with van der Waals surface area (Å²) >= 11 is 0. The predicted molar refractivity (Wildman–Crippen MR) is 85.0 cm³/mol. The molecule has 0 bridgehead atoms. The Kier molecular flexibility index (Phi) is 6.44. The Morgan fingerprint density at radius 1 is 1.21 bits per heavy atom. The average Bonchev–Trinajstić information content (AvgIpc) is 2.42. The summed E-state index contributed by atoms with van der Waals surface area (Å²) in [5.41, 5.74) is -0.473. The number of rotatable bonds is 6. The summed E-state index contributed by atoms with van der Waals surface area (Å²) in [6, 6.07) is 2.93. The van der Waals surface area contributed by atoms with Crippen molar-refractivity contribution in [1.82, 2.24) is 10.0 Å². The van der Waals surface area contributed by atoms with Crippen LogP contribution in [0.4, 0.5) is 4.39 Å². The first-order valence-electron chi connectivity index (χ1n) is 7.16. The Balaban J connectivity index is 2.60. The molecule has 1 atom stereocenters. The first-order valence-corrected chi connectivity index (χ1v) is 8.64. The van der Waals surface area contributed by atoms with Gasteiger partial charge in [-0.25, -0.2) is 12.8 Å². The summed E-state index contributed by atoms with van der Waals surface area (Å²) in [5, 5.41) is 2.60. The molecule has 1 aromatic carbocycles. The van der Waals surface area contributed by atoms with E-state index in [9.17, 15) is 22.4 Å². The van der Waals surface area contributed by atoms with Crippen LogP contribution in [0.1, 0.15) is 27.7 Å². The van der Waals surface area contributed by atoms with Crippen molar-refractivity contribution in [3.8, 4) is 0 Å². The third-order valence-corrected chi connectivity index (χ3v) is 4.23. The number of esters is 1. The second-order valence-electron chi connectivity index (χ2n) is 6.20. The van der Waals surface area contributed by atoms with Crippen LogP contribution in [-0.2, 0) is 24.3 Å². The van der Waals surface area contributed by atoms with Crippen molar-refractivity contribution in [2.24, 2.45) is 0 Å². The van der Waals surface area contributed by atoms with E-state index in [1.165, 1.54) is 6.92 Å². The van der Waals surface area contributed by atoms with Crippen LogP contribution >= 0.6 is 0 Å². The van der Waals surface area contributed by atoms with E-state index in [0.717, 1.165) is 24.3 Å². The zero-order valence-corrected chi connectivity index (χ0v) is 14.7. The van der Waals surface area contributed by atoms with Gasteiger partial charge in [-0.05, 0) is 52.0 Å². The fraction of sp³-hybridized carbons (Fsp3) is 0.467. The lowest BCUT2D eigenvalue weighted by Crippen LogP contribution is -2.44. The number of amides is 1. The Labute approximate surface area is 140 Å². The number of carbonyl (C=O) groups is 2. The minimum atomic E-state index is -4.01. The van der Waals surface area contributed by atoms with Gasteiger partial charge in [-0.3, -0.25) is 9.59 Å². The van der Waals surface area contributed by atoms with E-state index in [2.05, 4.69) is 10.0 Å². The third kappa shape index (κ3) is 6.63. The highest BCUT2D eigenvalue weighted by atomic mass is 32.2. The lowest BCUT2D eigenvalue weighted by molar-refractivity contribution is -0.150. The number of benzene rings is 1. The largest absolute Gasteiger partial charge is 0.454 e. The number of ether oxygens (including phenoxy) is 1. The summed E-state index contributed by atoms with van der Waals surface area (Å²) in [6.07, 6.45) is 0. The molecular weight excluding hydrogens is 339 g/mol. The van der Waals surface area contributed by atoms with Gasteiger partial charge in [0.25, 0.3) is 5.91 Å². The van der Waals surface area contributed by atoms with Gasteiger partial charge in [0.2, 0.25) is 10.0 Å². The molecule has 0 radical (unpaired) electrons. The Morgan fingerprint density at radius 2 is 1.75 bits per heavy atom. The summed E-state index contributed by atoms with van der Waals surface area (Å²) in [6.45, 7) is 6.08. The van der Waals surface area contributed by atoms with Crippen molar-refractivity contribution < 1.29 is 27.1 Å². The Hall–Kier alpha value is -2.00. The Morgan fingerprint density at radius 3 is 2.25 bits per heavy atom. The molecular formula is C15H21FN2O5S. The molecule has 0 aromatic heterocycles. The summed E-state index contributed by atoms with van der Waals surface area (Å²) < 4.78 is 43.8. The molecule has 0 unspecified atom stereocenters. The van der Waals surface area contributed by atoms with Gasteiger partial charge in [-0.2, -0.15) is 4.72 Å². The maximum atomic E-state index is 12.8. The number of sulfonamides is 1. The standard InChI is InChI=1S/C15H21FN2O5S/c1-10(14(20)23-9-13(19)17-15(2,3)4)18-24(21,22)12-7-5-11(16)6-8-12/h5-8,10,18H,9H2,1-4H3,(H,17,19)/t10-/m0/s1. The van der Waals surface area contributed by atoms with Crippen LogP contribution in [-0.4, -0.2) is 38.5 Å². The quantitative estimate of drug-likeness (QED) is 0.736. The van der Waals surface area contributed by atoms with Crippen molar-refractivity contribution in [3.05, 3.63) is 30.1 Å². The fourth-order valence-electron chi connectivity index (χ4n) is 1.68. The van der Waals surface area contributed by atoms with Crippen molar-refractivity contribution >= 4 is 21.9 Å². The minimum Gasteiger partial charge on any atom is -0.454 e. The van der Waals surface area contributed by atoms with Crippen LogP contribution < -0.4 is 10.0 Å². The SMILES string of the molecule is C[C@H](NS(=O)(=O)c1ccc(F)cc1)C(=O)OCC(=O)NC(C)(C)C. The topological polar surface area (TPSA) is 102 Å². The Bertz CT molecular complexity index is 696. The number of hydrogen-bond acceptors (Lipinski definition) is 5. The third-order valence-electron chi connectivity index (χ3n) is 2.67. The number of halogens is 1. The zero-order chi connectivity index (χ0) is 18.5. The fourth-order valence-corrected chi connectivity index (χ4v) is 2.87. The molecule has 0 heterocycles. The van der Waals surface area contributed by atoms with Gasteiger partial charge in [0.05, 0.1) is 4.90 Å². The number of nitrogens with one attached hydrogen (secondary N) is 2. The molecule has 0 saturated heterocycles. The zero-order valence-electron chi connectivity index (χ0n) is 13.9. The molecule has 0 aliphatic rings. The van der Waals surface area contributed by atoms with E-state index in [0.29, 0.717) is 0 Å². The predicted octanol–water partition coefficient (Wildman–Crippen LogP) is 0.950. The molecule has 2 N–H and O–H groups in total. The maximum Gasteiger partial charge on any atom is 0.324 e. The van der Waals surface area contributed by atoms with Crippen LogP contribution in [0.5, 0.6) is 0 Å². The molecule has 0 fully saturated rings. The van der Waals surface area contributed by atoms with Crippen molar-refractivity contribution in [1.29, 1.82) is 0 Å². The van der Waals surface area contributed by atoms with Gasteiger partial charge in [-0.15, -0.1) is 0 Å². The lowest BCUT2D eigenvalue weighted by Gasteiger charge is -2.20. The normalized spacial score (nSPS) is 13.2. The van der Waals surface area contributed by atoms with Crippen LogP contribution in [0.2, 0.25) is 0 Å². The number of hydrogen-bond donors (Lipinski definition) is 2. The van der Waals surface area contributed by atoms with Gasteiger partial charge in [-0.1, -0.05) is 0 Å². The van der Waals surface area contributed by atoms with Gasteiger partial charge < -0.3 is 10.1 Å². The van der Waals surface area contributed by atoms with E-state index < -0.39 is 45.9 Å². The van der Waals surface area contributed by atoms with E-state index in [4.69, 9.17) is 4.74 Å². The highest BCUT2D eigenvalue weighted by Crippen LogP contribution is 2.10. The van der Waals surface area contributed by atoms with Crippen LogP contribution in [0.25, 0.3) is 0 Å². The van der Waals surface area contributed by atoms with Gasteiger partial charge in [0, 0.05) is 5.54 Å². The summed E-state index contributed by atoms with van der Waals surface area (Å²) in [7, 11) is -4.01. The molecule has 24 heavy (non-hydrogen) atoms. The van der Waals surface area contributed by atoms with Gasteiger partial charge >= 0.3 is 5.97 Å². The molecule has 1 aromatic rings. The first kappa shape index (κ1) is 20.0. The smallest absolute Gasteiger partial charge is 0.324 e. The maximum absolute atomic E-state index is 12.8. The van der Waals surface area contributed by atoms with Gasteiger partial charge in [0.15, 0.2) is 6.61 Å². The molecule has 134 valence electrons. The summed E-state index contributed by atoms with van der Waals surface area (Å²) in [5.74, 6) is -1.97. The molecule has 0 aliphatic carbocycles. The molecule has 1 rings (SSSR count). The van der Waals surface area contributed by atoms with Gasteiger partial charge in [0.1, 0.15) is 11.9 Å². The highest BCUT2D eigenvalue weighted by Gasteiger charge is 2.24. The van der Waals surface area contributed by atoms with E-state index in [1.54, 1.807) is 20.8 Å². The summed E-state index contributed by atoms with van der Waals surface area (Å²) in [4.78, 5) is 23.2. The van der Waals surface area contributed by atoms with Crippen molar-refractivity contribution in [2.45, 2.75) is 44.2 Å². The molecule has 0 aliphatic heterocycles. The second-order valence-corrected chi connectivity index (χ2v) is 7.92. The monoisotopic (exact) mass is 360 g/mol.